The van der Waals surface area contributed by atoms with Gasteiger partial charge in [0.2, 0.25) is 0 Å². The average Bonchev–Trinajstić information content (AvgIpc) is 2.07. The van der Waals surface area contributed by atoms with E-state index in [-0.39, 0.29) is 29.6 Å². The average molecular weight is 390 g/mol. The molecule has 12 nitrogen and oxygen atoms in total. The quantitative estimate of drug-likeness (QED) is 0.241. The first-order valence-corrected chi connectivity index (χ1v) is 8.65. The zero-order chi connectivity index (χ0) is 17.0. The molecular weight excluding hydrogens is 383 g/mol. The zero-order valence-electron chi connectivity index (χ0n) is 9.36. The predicted molar refractivity (Wildman–Crippen MR) is 68.0 cm³/mol. The monoisotopic (exact) mass is 390 g/mol. The van der Waals surface area contributed by atoms with Crippen molar-refractivity contribution in [3.05, 3.63) is 0 Å². The van der Waals surface area contributed by atoms with Crippen LogP contribution in [0.2, 0.25) is 0 Å². The third kappa shape index (κ3) is 3.81. The fourth-order valence-corrected chi connectivity index (χ4v) is 3.65. The summed E-state index contributed by atoms with van der Waals surface area (Å²) in [5, 5.41) is 28.0. The van der Waals surface area contributed by atoms with Crippen LogP contribution in [0, 0.1) is 0 Å². The Morgan fingerprint density at radius 2 is 0.636 bits per heavy atom. The third-order valence-corrected chi connectivity index (χ3v) is 4.77. The maximum atomic E-state index is 10.9. The summed E-state index contributed by atoms with van der Waals surface area (Å²) in [7, 11) is -16.8. The van der Waals surface area contributed by atoms with Crippen LogP contribution in [0.25, 0.3) is 0 Å². The molecule has 0 aliphatic rings. The van der Waals surface area contributed by atoms with E-state index in [0.717, 1.165) is 0 Å². The summed E-state index contributed by atoms with van der Waals surface area (Å²) in [4.78, 5) is -6.17. The van der Waals surface area contributed by atoms with Crippen LogP contribution in [-0.2, 0) is 30.4 Å². The van der Waals surface area contributed by atoms with Gasteiger partial charge in [-0.25, -0.2) is 0 Å². The Labute approximate surface area is 145 Å². The van der Waals surface area contributed by atoms with Gasteiger partial charge in [-0.2, -0.15) is 25.3 Å². The fraction of sp³-hybridized carbons (Fsp3) is 0. The first kappa shape index (κ1) is 21.4. The van der Waals surface area contributed by atoms with Gasteiger partial charge in [0, 0.05) is 0 Å². The first-order chi connectivity index (χ1) is 9.10. The van der Waals surface area contributed by atoms with Crippen LogP contribution in [0.5, 0.6) is 17.2 Å². The van der Waals surface area contributed by atoms with Gasteiger partial charge in [-0.1, -0.05) is 0 Å². The molecule has 0 radical (unpaired) electrons. The summed E-state index contributed by atoms with van der Waals surface area (Å²) < 4.78 is 91.9. The predicted octanol–water partition coefficient (Wildman–Crippen LogP) is -2.10. The molecule has 0 bridgehead atoms. The number of phenolic OH excluding ortho intramolecular Hbond substituents is 3. The van der Waals surface area contributed by atoms with Crippen LogP contribution >= 0.6 is 0 Å². The molecule has 0 saturated carbocycles. The van der Waals surface area contributed by atoms with Crippen molar-refractivity contribution in [1.82, 2.24) is 0 Å². The van der Waals surface area contributed by atoms with E-state index in [4.69, 9.17) is 13.7 Å². The van der Waals surface area contributed by atoms with Gasteiger partial charge in [-0.05, 0) is 0 Å². The van der Waals surface area contributed by atoms with Gasteiger partial charge >= 0.3 is 59.9 Å². The van der Waals surface area contributed by atoms with Gasteiger partial charge in [-0.15, -0.1) is 0 Å². The number of hydrogen-bond donors (Lipinski definition) is 6. The minimum absolute atomic E-state index is 0. The molecule has 1 rings (SSSR count). The second-order valence-corrected chi connectivity index (χ2v) is 7.53. The SMILES string of the molecule is O=S(=O)(O)c1c(O)c(S(=O)(=O)O)c(O)c(S(=O)(=O)O)c1O.[NaH]. The van der Waals surface area contributed by atoms with Gasteiger partial charge in [0.1, 0.15) is 0 Å². The topological polar surface area (TPSA) is 224 Å². The summed E-state index contributed by atoms with van der Waals surface area (Å²) in [6, 6.07) is 0. The number of hydrogen-bond acceptors (Lipinski definition) is 9. The molecule has 122 valence electrons. The summed E-state index contributed by atoms with van der Waals surface area (Å²) in [5.74, 6) is -6.16. The zero-order valence-corrected chi connectivity index (χ0v) is 11.8. The summed E-state index contributed by atoms with van der Waals surface area (Å²) >= 11 is 0. The minimum atomic E-state index is -5.61. The standard InChI is InChI=1S/C6H6O12S3.Na.H/c7-1-4(19(10,11)12)2(8)6(21(16,17)18)3(9)5(1)20(13,14)15;;/h7-9H,(H,10,11,12)(H,13,14,15)(H,16,17,18);;. The summed E-state index contributed by atoms with van der Waals surface area (Å²) in [6.45, 7) is 0. The Hall–Kier alpha value is -0.650. The third-order valence-electron chi connectivity index (χ3n) is 2.06. The molecule has 0 aliphatic heterocycles. The molecule has 0 heterocycles. The molecule has 0 saturated heterocycles. The first-order valence-electron chi connectivity index (χ1n) is 4.33. The van der Waals surface area contributed by atoms with Crippen LogP contribution in [0.15, 0.2) is 14.7 Å². The van der Waals surface area contributed by atoms with E-state index in [1.807, 2.05) is 0 Å². The van der Waals surface area contributed by atoms with Gasteiger partial charge in [0.25, 0.3) is 0 Å². The van der Waals surface area contributed by atoms with Crippen molar-refractivity contribution in [2.45, 2.75) is 14.7 Å². The number of phenols is 3. The second-order valence-electron chi connectivity index (χ2n) is 3.46. The van der Waals surface area contributed by atoms with Crippen LogP contribution in [0.4, 0.5) is 0 Å². The van der Waals surface area contributed by atoms with Crippen LogP contribution in [0.1, 0.15) is 0 Å². The van der Waals surface area contributed by atoms with Gasteiger partial charge in [-0.3, -0.25) is 13.7 Å². The van der Waals surface area contributed by atoms with Crippen molar-refractivity contribution in [1.29, 1.82) is 0 Å². The van der Waals surface area contributed by atoms with Gasteiger partial charge in [0.05, 0.1) is 0 Å². The van der Waals surface area contributed by atoms with E-state index < -0.39 is 62.3 Å². The van der Waals surface area contributed by atoms with E-state index in [2.05, 4.69) is 0 Å². The molecule has 16 heteroatoms. The molecule has 0 aromatic heterocycles. The summed E-state index contributed by atoms with van der Waals surface area (Å²) in [5.41, 5.74) is 0. The Balaban J connectivity index is 0.00000441. The Bertz CT molecular complexity index is 781. The van der Waals surface area contributed by atoms with Crippen LogP contribution in [0.3, 0.4) is 0 Å². The second kappa shape index (κ2) is 6.10. The van der Waals surface area contributed by atoms with Crippen molar-refractivity contribution < 1.29 is 54.2 Å². The Kier molecular flexibility index (Phi) is 5.92. The molecule has 6 N–H and O–H groups in total. The Morgan fingerprint density at radius 1 is 0.500 bits per heavy atom. The molecule has 0 aliphatic carbocycles. The van der Waals surface area contributed by atoms with E-state index in [1.165, 1.54) is 0 Å². The van der Waals surface area contributed by atoms with Crippen molar-refractivity contribution in [3.8, 4) is 17.2 Å². The molecule has 22 heavy (non-hydrogen) atoms. The van der Waals surface area contributed by atoms with Crippen molar-refractivity contribution >= 4 is 59.9 Å². The van der Waals surface area contributed by atoms with Crippen LogP contribution in [-0.4, -0.2) is 83.8 Å². The van der Waals surface area contributed by atoms with Gasteiger partial charge in [0.15, 0.2) is 31.9 Å². The molecule has 1 aromatic carbocycles. The van der Waals surface area contributed by atoms with Crippen molar-refractivity contribution in [3.63, 3.8) is 0 Å². The van der Waals surface area contributed by atoms with E-state index in [9.17, 15) is 40.6 Å². The normalized spacial score (nSPS) is 12.7. The molecule has 0 amide bonds. The Morgan fingerprint density at radius 3 is 0.727 bits per heavy atom. The molecule has 0 atom stereocenters. The van der Waals surface area contributed by atoms with Crippen molar-refractivity contribution in [2.24, 2.45) is 0 Å². The van der Waals surface area contributed by atoms with Crippen molar-refractivity contribution in [2.75, 3.05) is 0 Å². The molecule has 0 spiro atoms. The molecule has 0 fully saturated rings. The van der Waals surface area contributed by atoms with E-state index in [0.29, 0.717) is 0 Å². The summed E-state index contributed by atoms with van der Waals surface area (Å²) in [6.07, 6.45) is 0. The molecule has 1 aromatic rings. The molecular formula is C6H7NaO12S3. The van der Waals surface area contributed by atoms with E-state index >= 15 is 0 Å². The number of rotatable bonds is 3. The van der Waals surface area contributed by atoms with E-state index in [1.54, 1.807) is 0 Å². The number of aromatic hydroxyl groups is 3. The number of benzene rings is 1. The van der Waals surface area contributed by atoms with Gasteiger partial charge < -0.3 is 15.3 Å². The maximum absolute atomic E-state index is 10.9. The fourth-order valence-electron chi connectivity index (χ4n) is 1.38. The van der Waals surface area contributed by atoms with Crippen LogP contribution < -0.4 is 0 Å². The molecule has 0 unspecified atom stereocenters.